The van der Waals surface area contributed by atoms with Crippen LogP contribution in [0.15, 0.2) is 18.2 Å². The van der Waals surface area contributed by atoms with Crippen molar-refractivity contribution in [3.63, 3.8) is 0 Å². The molecular formula is C14H20FNOS. The Labute approximate surface area is 112 Å². The predicted molar refractivity (Wildman–Crippen MR) is 75.8 cm³/mol. The van der Waals surface area contributed by atoms with E-state index in [0.717, 1.165) is 18.8 Å². The van der Waals surface area contributed by atoms with Gasteiger partial charge in [-0.05, 0) is 38.5 Å². The SMILES string of the molecule is C[C@@H](O)c1ccc(N2CCSC(C)(C)C2)c(F)c1. The second-order valence-corrected chi connectivity index (χ2v) is 7.22. The lowest BCUT2D eigenvalue weighted by atomic mass is 10.1. The fourth-order valence-electron chi connectivity index (χ4n) is 2.26. The van der Waals surface area contributed by atoms with Crippen LogP contribution in [0.5, 0.6) is 0 Å². The molecule has 1 N–H and O–H groups in total. The van der Waals surface area contributed by atoms with Gasteiger partial charge in [0.2, 0.25) is 0 Å². The number of thioether (sulfide) groups is 1. The molecule has 0 aromatic heterocycles. The molecule has 1 aliphatic heterocycles. The van der Waals surface area contributed by atoms with Gasteiger partial charge in [0.05, 0.1) is 11.8 Å². The van der Waals surface area contributed by atoms with Crippen molar-refractivity contribution in [3.8, 4) is 0 Å². The van der Waals surface area contributed by atoms with Crippen molar-refractivity contribution in [2.75, 3.05) is 23.7 Å². The molecule has 18 heavy (non-hydrogen) atoms. The number of aliphatic hydroxyl groups is 1. The molecule has 1 atom stereocenters. The maximum absolute atomic E-state index is 14.1. The van der Waals surface area contributed by atoms with Crippen LogP contribution in [-0.2, 0) is 0 Å². The van der Waals surface area contributed by atoms with E-state index in [1.54, 1.807) is 19.1 Å². The van der Waals surface area contributed by atoms with Gasteiger partial charge >= 0.3 is 0 Å². The zero-order valence-corrected chi connectivity index (χ0v) is 11.9. The summed E-state index contributed by atoms with van der Waals surface area (Å²) in [4.78, 5) is 2.09. The van der Waals surface area contributed by atoms with Crippen LogP contribution in [0.1, 0.15) is 32.4 Å². The van der Waals surface area contributed by atoms with Crippen LogP contribution in [-0.4, -0.2) is 28.7 Å². The molecule has 0 aliphatic carbocycles. The van der Waals surface area contributed by atoms with Gasteiger partial charge in [-0.15, -0.1) is 0 Å². The van der Waals surface area contributed by atoms with Crippen LogP contribution in [0.2, 0.25) is 0 Å². The smallest absolute Gasteiger partial charge is 0.146 e. The summed E-state index contributed by atoms with van der Waals surface area (Å²) in [5.74, 6) is 0.779. The van der Waals surface area contributed by atoms with Crippen molar-refractivity contribution in [3.05, 3.63) is 29.6 Å². The normalized spacial score (nSPS) is 20.8. The number of halogens is 1. The second-order valence-electron chi connectivity index (χ2n) is 5.42. The monoisotopic (exact) mass is 269 g/mol. The number of benzene rings is 1. The first-order chi connectivity index (χ1) is 8.39. The van der Waals surface area contributed by atoms with Crippen molar-refractivity contribution in [2.24, 2.45) is 0 Å². The Hall–Kier alpha value is -0.740. The van der Waals surface area contributed by atoms with Crippen LogP contribution < -0.4 is 4.90 Å². The summed E-state index contributed by atoms with van der Waals surface area (Å²) in [6, 6.07) is 5.02. The first kappa shape index (κ1) is 13.7. The number of aliphatic hydroxyl groups excluding tert-OH is 1. The van der Waals surface area contributed by atoms with Crippen LogP contribution in [0.25, 0.3) is 0 Å². The maximum atomic E-state index is 14.1. The lowest BCUT2D eigenvalue weighted by Gasteiger charge is -2.39. The summed E-state index contributed by atoms with van der Waals surface area (Å²) >= 11 is 1.93. The Morgan fingerprint density at radius 2 is 2.17 bits per heavy atom. The molecule has 0 unspecified atom stereocenters. The molecule has 0 amide bonds. The van der Waals surface area contributed by atoms with E-state index in [9.17, 15) is 9.50 Å². The van der Waals surface area contributed by atoms with E-state index in [1.807, 2.05) is 11.8 Å². The molecule has 0 saturated carbocycles. The molecule has 100 valence electrons. The third-order valence-corrected chi connectivity index (χ3v) is 4.52. The van der Waals surface area contributed by atoms with Crippen molar-refractivity contribution in [1.82, 2.24) is 0 Å². The average molecular weight is 269 g/mol. The highest BCUT2D eigenvalue weighted by atomic mass is 32.2. The standard InChI is InChI=1S/C14H20FNOS/c1-10(17)11-4-5-13(12(15)8-11)16-6-7-18-14(2,3)9-16/h4-5,8,10,17H,6-7,9H2,1-3H3/t10-/m1/s1. The summed E-state index contributed by atoms with van der Waals surface area (Å²) in [5.41, 5.74) is 1.27. The lowest BCUT2D eigenvalue weighted by molar-refractivity contribution is 0.199. The molecule has 4 heteroatoms. The Balaban J connectivity index is 2.23. The Kier molecular flexibility index (Phi) is 3.87. The van der Waals surface area contributed by atoms with E-state index in [0.29, 0.717) is 11.3 Å². The number of hydrogen-bond donors (Lipinski definition) is 1. The number of rotatable bonds is 2. The molecule has 1 aromatic rings. The second kappa shape index (κ2) is 5.10. The minimum absolute atomic E-state index is 0.160. The van der Waals surface area contributed by atoms with Gasteiger partial charge in [0.25, 0.3) is 0 Å². The first-order valence-corrected chi connectivity index (χ1v) is 7.24. The lowest BCUT2D eigenvalue weighted by Crippen LogP contribution is -2.43. The average Bonchev–Trinajstić information content (AvgIpc) is 2.27. The van der Waals surface area contributed by atoms with Crippen molar-refractivity contribution < 1.29 is 9.50 Å². The fourth-order valence-corrected chi connectivity index (χ4v) is 3.37. The van der Waals surface area contributed by atoms with Gasteiger partial charge in [-0.25, -0.2) is 4.39 Å². The topological polar surface area (TPSA) is 23.5 Å². The number of hydrogen-bond acceptors (Lipinski definition) is 3. The molecule has 0 bridgehead atoms. The van der Waals surface area contributed by atoms with E-state index < -0.39 is 6.10 Å². The quantitative estimate of drug-likeness (QED) is 0.892. The minimum atomic E-state index is -0.623. The van der Waals surface area contributed by atoms with Crippen molar-refractivity contribution in [2.45, 2.75) is 31.6 Å². The Morgan fingerprint density at radius 3 is 2.72 bits per heavy atom. The number of nitrogens with zero attached hydrogens (tertiary/aromatic N) is 1. The van der Waals surface area contributed by atoms with E-state index in [1.165, 1.54) is 6.07 Å². The molecule has 1 heterocycles. The highest BCUT2D eigenvalue weighted by Gasteiger charge is 2.28. The summed E-state index contributed by atoms with van der Waals surface area (Å²) in [5, 5.41) is 9.45. The summed E-state index contributed by atoms with van der Waals surface area (Å²) < 4.78 is 14.2. The van der Waals surface area contributed by atoms with Gasteiger partial charge < -0.3 is 10.0 Å². The molecule has 1 saturated heterocycles. The summed E-state index contributed by atoms with van der Waals surface area (Å²) in [6.45, 7) is 7.74. The predicted octanol–water partition coefficient (Wildman–Crippen LogP) is 3.21. The summed E-state index contributed by atoms with van der Waals surface area (Å²) in [6.07, 6.45) is -0.623. The molecule has 1 aromatic carbocycles. The van der Waals surface area contributed by atoms with Gasteiger partial charge in [0, 0.05) is 23.6 Å². The van der Waals surface area contributed by atoms with Crippen LogP contribution in [0.3, 0.4) is 0 Å². The Bertz CT molecular complexity index is 434. The molecular weight excluding hydrogens is 249 g/mol. The largest absolute Gasteiger partial charge is 0.389 e. The third-order valence-electron chi connectivity index (χ3n) is 3.22. The van der Waals surface area contributed by atoms with Crippen LogP contribution in [0.4, 0.5) is 10.1 Å². The Morgan fingerprint density at radius 1 is 1.44 bits per heavy atom. The van der Waals surface area contributed by atoms with Gasteiger partial charge in [0.1, 0.15) is 5.82 Å². The zero-order chi connectivity index (χ0) is 13.3. The highest BCUT2D eigenvalue weighted by molar-refractivity contribution is 8.00. The van der Waals surface area contributed by atoms with E-state index >= 15 is 0 Å². The maximum Gasteiger partial charge on any atom is 0.146 e. The molecule has 1 aliphatic rings. The number of anilines is 1. The van der Waals surface area contributed by atoms with Crippen LogP contribution in [0, 0.1) is 5.82 Å². The third kappa shape index (κ3) is 2.98. The summed E-state index contributed by atoms with van der Waals surface area (Å²) in [7, 11) is 0. The van der Waals surface area contributed by atoms with E-state index in [2.05, 4.69) is 18.7 Å². The minimum Gasteiger partial charge on any atom is -0.389 e. The van der Waals surface area contributed by atoms with E-state index in [4.69, 9.17) is 0 Å². The van der Waals surface area contributed by atoms with Crippen molar-refractivity contribution >= 4 is 17.4 Å². The molecule has 1 fully saturated rings. The molecule has 0 spiro atoms. The van der Waals surface area contributed by atoms with Gasteiger partial charge in [-0.2, -0.15) is 11.8 Å². The molecule has 2 rings (SSSR count). The highest BCUT2D eigenvalue weighted by Crippen LogP contribution is 2.33. The van der Waals surface area contributed by atoms with E-state index in [-0.39, 0.29) is 10.6 Å². The van der Waals surface area contributed by atoms with Gasteiger partial charge in [-0.3, -0.25) is 0 Å². The fraction of sp³-hybridized carbons (Fsp3) is 0.571. The molecule has 2 nitrogen and oxygen atoms in total. The van der Waals surface area contributed by atoms with Gasteiger partial charge in [-0.1, -0.05) is 6.07 Å². The zero-order valence-electron chi connectivity index (χ0n) is 11.1. The molecule has 0 radical (unpaired) electrons. The van der Waals surface area contributed by atoms with Crippen molar-refractivity contribution in [1.29, 1.82) is 0 Å². The first-order valence-electron chi connectivity index (χ1n) is 6.25. The van der Waals surface area contributed by atoms with Crippen LogP contribution >= 0.6 is 11.8 Å². The van der Waals surface area contributed by atoms with Gasteiger partial charge in [0.15, 0.2) is 0 Å².